The van der Waals surface area contributed by atoms with Crippen molar-refractivity contribution in [1.82, 2.24) is 5.32 Å². The highest BCUT2D eigenvalue weighted by molar-refractivity contribution is 7.92. The molecule has 1 saturated heterocycles. The van der Waals surface area contributed by atoms with Gasteiger partial charge in [0, 0.05) is 0 Å². The van der Waals surface area contributed by atoms with Gasteiger partial charge in [-0.15, -0.1) is 0 Å². The summed E-state index contributed by atoms with van der Waals surface area (Å²) in [6, 6.07) is 0. The second-order valence-corrected chi connectivity index (χ2v) is 5.45. The van der Waals surface area contributed by atoms with Crippen molar-refractivity contribution in [1.29, 1.82) is 0 Å². The van der Waals surface area contributed by atoms with Crippen LogP contribution in [-0.4, -0.2) is 32.8 Å². The maximum atomic E-state index is 12.0. The highest BCUT2D eigenvalue weighted by Gasteiger charge is 2.46. The lowest BCUT2D eigenvalue weighted by Gasteiger charge is -2.22. The monoisotopic (exact) mass is 231 g/mol. The van der Waals surface area contributed by atoms with Gasteiger partial charge in [0.05, 0.1) is 5.75 Å². The fourth-order valence-corrected chi connectivity index (χ4v) is 2.60. The molecule has 1 heterocycles. The van der Waals surface area contributed by atoms with Gasteiger partial charge in [-0.2, -0.15) is 13.2 Å². The first kappa shape index (κ1) is 11.8. The molecule has 0 bridgehead atoms. The van der Waals surface area contributed by atoms with Crippen LogP contribution in [0.4, 0.5) is 13.2 Å². The lowest BCUT2D eigenvalue weighted by atomic mass is 10.0. The van der Waals surface area contributed by atoms with Crippen molar-refractivity contribution in [2.45, 2.75) is 18.3 Å². The van der Waals surface area contributed by atoms with Crippen LogP contribution in [0.1, 0.15) is 12.8 Å². The largest absolute Gasteiger partial charge is 0.497 e. The molecule has 0 aromatic rings. The fourth-order valence-electron chi connectivity index (χ4n) is 1.45. The van der Waals surface area contributed by atoms with E-state index in [1.165, 1.54) is 0 Å². The van der Waals surface area contributed by atoms with Gasteiger partial charge >= 0.3 is 5.51 Å². The van der Waals surface area contributed by atoms with E-state index in [-0.39, 0.29) is 5.92 Å². The second-order valence-electron chi connectivity index (χ2n) is 3.42. The van der Waals surface area contributed by atoms with Crippen LogP contribution in [0.3, 0.4) is 0 Å². The number of sulfone groups is 1. The summed E-state index contributed by atoms with van der Waals surface area (Å²) in [6.07, 6.45) is 0.991. The van der Waals surface area contributed by atoms with Gasteiger partial charge in [-0.3, -0.25) is 0 Å². The molecule has 0 atom stereocenters. The smallest absolute Gasteiger partial charge is 0.317 e. The Morgan fingerprint density at radius 1 is 1.21 bits per heavy atom. The van der Waals surface area contributed by atoms with E-state index in [4.69, 9.17) is 0 Å². The lowest BCUT2D eigenvalue weighted by molar-refractivity contribution is -0.0439. The third-order valence-corrected chi connectivity index (χ3v) is 3.88. The third kappa shape index (κ3) is 2.84. The van der Waals surface area contributed by atoms with Crippen molar-refractivity contribution in [3.05, 3.63) is 0 Å². The van der Waals surface area contributed by atoms with Crippen LogP contribution in [-0.2, 0) is 9.84 Å². The summed E-state index contributed by atoms with van der Waals surface area (Å²) in [5.41, 5.74) is -5.10. The van der Waals surface area contributed by atoms with Crippen LogP contribution >= 0.6 is 0 Å². The molecule has 1 N–H and O–H groups in total. The summed E-state index contributed by atoms with van der Waals surface area (Å²) in [7, 11) is -4.93. The third-order valence-electron chi connectivity index (χ3n) is 2.27. The Bertz CT molecular complexity index is 280. The van der Waals surface area contributed by atoms with E-state index in [1.807, 2.05) is 0 Å². The van der Waals surface area contributed by atoms with Crippen molar-refractivity contribution in [3.63, 3.8) is 0 Å². The van der Waals surface area contributed by atoms with E-state index in [9.17, 15) is 21.6 Å². The first-order valence-corrected chi connectivity index (χ1v) is 5.98. The second kappa shape index (κ2) is 4.06. The van der Waals surface area contributed by atoms with Crippen molar-refractivity contribution in [2.75, 3.05) is 18.8 Å². The van der Waals surface area contributed by atoms with Crippen LogP contribution in [0.15, 0.2) is 0 Å². The Kier molecular flexibility index (Phi) is 3.41. The molecule has 1 aliphatic heterocycles. The van der Waals surface area contributed by atoms with Gasteiger partial charge in [-0.25, -0.2) is 8.42 Å². The molecule has 0 aromatic heterocycles. The molecule has 0 unspecified atom stereocenters. The number of piperidine rings is 1. The quantitative estimate of drug-likeness (QED) is 0.768. The zero-order valence-electron chi connectivity index (χ0n) is 7.47. The molecule has 1 fully saturated rings. The summed E-state index contributed by atoms with van der Waals surface area (Å²) in [5.74, 6) is -1.12. The molecule has 0 aromatic carbocycles. The van der Waals surface area contributed by atoms with Crippen molar-refractivity contribution < 1.29 is 21.6 Å². The normalized spacial score (nSPS) is 21.1. The van der Waals surface area contributed by atoms with Gasteiger partial charge in [0.15, 0.2) is 0 Å². The summed E-state index contributed by atoms with van der Waals surface area (Å²) < 4.78 is 57.5. The minimum absolute atomic E-state index is 0.358. The van der Waals surface area contributed by atoms with Crippen molar-refractivity contribution in [3.8, 4) is 0 Å². The fraction of sp³-hybridized carbons (Fsp3) is 1.00. The van der Waals surface area contributed by atoms with E-state index in [1.54, 1.807) is 0 Å². The molecule has 0 radical (unpaired) electrons. The number of nitrogens with one attached hydrogen (secondary N) is 1. The van der Waals surface area contributed by atoms with Crippen LogP contribution in [0.2, 0.25) is 0 Å². The Labute approximate surface area is 80.6 Å². The zero-order chi connectivity index (χ0) is 10.8. The Morgan fingerprint density at radius 3 is 2.14 bits per heavy atom. The standard InChI is InChI=1S/C7H12F3NO2S/c8-7(9,10)14(12,13)5-6-1-3-11-4-2-6/h6,11H,1-5H2. The average molecular weight is 231 g/mol. The number of rotatable bonds is 2. The highest BCUT2D eigenvalue weighted by Crippen LogP contribution is 2.27. The Balaban J connectivity index is 2.58. The minimum Gasteiger partial charge on any atom is -0.317 e. The van der Waals surface area contributed by atoms with E-state index in [2.05, 4.69) is 5.32 Å². The molecular formula is C7H12F3NO2S. The SMILES string of the molecule is O=S(=O)(CC1CCNCC1)C(F)(F)F. The van der Waals surface area contributed by atoms with Gasteiger partial charge < -0.3 is 5.32 Å². The molecule has 14 heavy (non-hydrogen) atoms. The molecule has 1 rings (SSSR count). The number of hydrogen-bond donors (Lipinski definition) is 1. The summed E-state index contributed by atoms with van der Waals surface area (Å²) >= 11 is 0. The molecular weight excluding hydrogens is 219 g/mol. The zero-order valence-corrected chi connectivity index (χ0v) is 8.29. The van der Waals surface area contributed by atoms with E-state index >= 15 is 0 Å². The predicted octanol–water partition coefficient (Wildman–Crippen LogP) is 0.921. The van der Waals surface area contributed by atoms with Crippen LogP contribution in [0, 0.1) is 5.92 Å². The first-order chi connectivity index (χ1) is 6.33. The Morgan fingerprint density at radius 2 is 1.71 bits per heavy atom. The van der Waals surface area contributed by atoms with Crippen LogP contribution in [0.5, 0.6) is 0 Å². The molecule has 3 nitrogen and oxygen atoms in total. The maximum absolute atomic E-state index is 12.0. The Hall–Kier alpha value is -0.300. The molecule has 0 saturated carbocycles. The van der Waals surface area contributed by atoms with E-state index in [0.717, 1.165) is 0 Å². The number of hydrogen-bond acceptors (Lipinski definition) is 3. The van der Waals surface area contributed by atoms with Gasteiger partial charge in [-0.05, 0) is 31.8 Å². The predicted molar refractivity (Wildman–Crippen MR) is 45.4 cm³/mol. The molecule has 0 amide bonds. The van der Waals surface area contributed by atoms with E-state index < -0.39 is 21.1 Å². The molecule has 7 heteroatoms. The van der Waals surface area contributed by atoms with Gasteiger partial charge in [0.25, 0.3) is 0 Å². The average Bonchev–Trinajstić information content (AvgIpc) is 2.03. The topological polar surface area (TPSA) is 46.2 Å². The van der Waals surface area contributed by atoms with Crippen LogP contribution < -0.4 is 5.32 Å². The molecule has 84 valence electrons. The van der Waals surface area contributed by atoms with Crippen LogP contribution in [0.25, 0.3) is 0 Å². The van der Waals surface area contributed by atoms with Gasteiger partial charge in [-0.1, -0.05) is 0 Å². The summed E-state index contributed by atoms with van der Waals surface area (Å²) in [4.78, 5) is 0. The summed E-state index contributed by atoms with van der Waals surface area (Å²) in [6.45, 7) is 1.19. The summed E-state index contributed by atoms with van der Waals surface area (Å²) in [5, 5.41) is 2.96. The highest BCUT2D eigenvalue weighted by atomic mass is 32.2. The first-order valence-electron chi connectivity index (χ1n) is 4.32. The molecule has 1 aliphatic rings. The molecule has 0 aliphatic carbocycles. The van der Waals surface area contributed by atoms with Crippen molar-refractivity contribution >= 4 is 9.84 Å². The maximum Gasteiger partial charge on any atom is 0.497 e. The van der Waals surface area contributed by atoms with E-state index in [0.29, 0.717) is 25.9 Å². The minimum atomic E-state index is -5.10. The molecule has 0 spiro atoms. The number of alkyl halides is 3. The van der Waals surface area contributed by atoms with Gasteiger partial charge in [0.2, 0.25) is 9.84 Å². The lowest BCUT2D eigenvalue weighted by Crippen LogP contribution is -2.35. The van der Waals surface area contributed by atoms with Gasteiger partial charge in [0.1, 0.15) is 0 Å². The van der Waals surface area contributed by atoms with Crippen molar-refractivity contribution in [2.24, 2.45) is 5.92 Å². The number of halogens is 3.